The SMILES string of the molecule is COc1ccc(C(=O)O)c(C#CCCNC(C)=O)c1. The van der Waals surface area contributed by atoms with E-state index in [0.29, 0.717) is 24.3 Å². The highest BCUT2D eigenvalue weighted by atomic mass is 16.5. The number of hydrogen-bond acceptors (Lipinski definition) is 3. The summed E-state index contributed by atoms with van der Waals surface area (Å²) in [6.07, 6.45) is 0.454. The molecule has 0 aliphatic carbocycles. The number of carboxylic acids is 1. The van der Waals surface area contributed by atoms with E-state index >= 15 is 0 Å². The van der Waals surface area contributed by atoms with Crippen molar-refractivity contribution in [2.75, 3.05) is 13.7 Å². The van der Waals surface area contributed by atoms with Crippen LogP contribution in [0.25, 0.3) is 0 Å². The Morgan fingerprint density at radius 3 is 2.74 bits per heavy atom. The number of carbonyl (C=O) groups is 2. The van der Waals surface area contributed by atoms with Crippen LogP contribution >= 0.6 is 0 Å². The zero-order valence-corrected chi connectivity index (χ0v) is 10.8. The summed E-state index contributed by atoms with van der Waals surface area (Å²) in [7, 11) is 1.50. The van der Waals surface area contributed by atoms with Crippen LogP contribution in [0, 0.1) is 11.8 Å². The lowest BCUT2D eigenvalue weighted by atomic mass is 10.1. The molecule has 1 aromatic rings. The van der Waals surface area contributed by atoms with Crippen LogP contribution in [-0.4, -0.2) is 30.6 Å². The largest absolute Gasteiger partial charge is 0.497 e. The summed E-state index contributed by atoms with van der Waals surface area (Å²) >= 11 is 0. The number of hydrogen-bond donors (Lipinski definition) is 2. The average Bonchev–Trinajstić information content (AvgIpc) is 2.37. The van der Waals surface area contributed by atoms with Crippen molar-refractivity contribution in [3.8, 4) is 17.6 Å². The highest BCUT2D eigenvalue weighted by Gasteiger charge is 2.09. The molecule has 5 nitrogen and oxygen atoms in total. The number of benzene rings is 1. The summed E-state index contributed by atoms with van der Waals surface area (Å²) in [5.41, 5.74) is 0.530. The van der Waals surface area contributed by atoms with Crippen LogP contribution in [0.5, 0.6) is 5.75 Å². The van der Waals surface area contributed by atoms with Crippen LogP contribution in [-0.2, 0) is 4.79 Å². The van der Waals surface area contributed by atoms with Crippen molar-refractivity contribution in [1.29, 1.82) is 0 Å². The molecular formula is C14H15NO4. The number of methoxy groups -OCH3 is 1. The van der Waals surface area contributed by atoms with Crippen LogP contribution < -0.4 is 10.1 Å². The molecule has 0 atom stereocenters. The smallest absolute Gasteiger partial charge is 0.336 e. The zero-order valence-electron chi connectivity index (χ0n) is 10.8. The van der Waals surface area contributed by atoms with Crippen molar-refractivity contribution < 1.29 is 19.4 Å². The first-order valence-corrected chi connectivity index (χ1v) is 5.69. The predicted molar refractivity (Wildman–Crippen MR) is 70.1 cm³/mol. The number of nitrogens with one attached hydrogen (secondary N) is 1. The van der Waals surface area contributed by atoms with E-state index in [0.717, 1.165) is 0 Å². The van der Waals surface area contributed by atoms with Gasteiger partial charge in [-0.1, -0.05) is 11.8 Å². The van der Waals surface area contributed by atoms with Crippen LogP contribution in [0.4, 0.5) is 0 Å². The summed E-state index contributed by atoms with van der Waals surface area (Å²) < 4.78 is 5.03. The zero-order chi connectivity index (χ0) is 14.3. The van der Waals surface area contributed by atoms with Gasteiger partial charge >= 0.3 is 5.97 Å². The molecule has 1 rings (SSSR count). The Hall–Kier alpha value is -2.48. The molecule has 0 aliphatic heterocycles. The molecule has 0 bridgehead atoms. The fraction of sp³-hybridized carbons (Fsp3) is 0.286. The van der Waals surface area contributed by atoms with Gasteiger partial charge in [0, 0.05) is 25.5 Å². The minimum atomic E-state index is -1.03. The van der Waals surface area contributed by atoms with Gasteiger partial charge in [0.25, 0.3) is 0 Å². The summed E-state index contributed by atoms with van der Waals surface area (Å²) in [5, 5.41) is 11.6. The number of rotatable bonds is 4. The van der Waals surface area contributed by atoms with Gasteiger partial charge in [-0.15, -0.1) is 0 Å². The van der Waals surface area contributed by atoms with Gasteiger partial charge in [0.15, 0.2) is 0 Å². The second-order valence-corrected chi connectivity index (χ2v) is 3.75. The average molecular weight is 261 g/mol. The molecular weight excluding hydrogens is 246 g/mol. The minimum absolute atomic E-state index is 0.116. The van der Waals surface area contributed by atoms with Gasteiger partial charge in [-0.05, 0) is 18.2 Å². The highest BCUT2D eigenvalue weighted by molar-refractivity contribution is 5.91. The first kappa shape index (κ1) is 14.6. The van der Waals surface area contributed by atoms with E-state index in [-0.39, 0.29) is 11.5 Å². The highest BCUT2D eigenvalue weighted by Crippen LogP contribution is 2.16. The van der Waals surface area contributed by atoms with Crippen molar-refractivity contribution >= 4 is 11.9 Å². The van der Waals surface area contributed by atoms with Crippen LogP contribution in [0.3, 0.4) is 0 Å². The maximum absolute atomic E-state index is 11.0. The van der Waals surface area contributed by atoms with E-state index in [1.54, 1.807) is 12.1 Å². The fourth-order valence-electron chi connectivity index (χ4n) is 1.40. The van der Waals surface area contributed by atoms with Gasteiger partial charge in [-0.2, -0.15) is 0 Å². The van der Waals surface area contributed by atoms with Crippen molar-refractivity contribution in [3.05, 3.63) is 29.3 Å². The first-order chi connectivity index (χ1) is 9.04. The summed E-state index contributed by atoms with van der Waals surface area (Å²) in [6, 6.07) is 4.61. The Kier molecular flexibility index (Phi) is 5.42. The monoisotopic (exact) mass is 261 g/mol. The molecule has 1 aromatic carbocycles. The molecule has 0 aliphatic rings. The van der Waals surface area contributed by atoms with E-state index in [1.807, 2.05) is 0 Å². The number of carboxylic acid groups (broad SMARTS) is 1. The summed E-state index contributed by atoms with van der Waals surface area (Å²) in [4.78, 5) is 21.7. The molecule has 0 heterocycles. The molecule has 0 aromatic heterocycles. The van der Waals surface area contributed by atoms with Gasteiger partial charge < -0.3 is 15.2 Å². The van der Waals surface area contributed by atoms with Gasteiger partial charge in [-0.25, -0.2) is 4.79 Å². The Morgan fingerprint density at radius 2 is 2.16 bits per heavy atom. The third-order valence-corrected chi connectivity index (χ3v) is 2.30. The summed E-state index contributed by atoms with van der Waals surface area (Å²) in [5.74, 6) is 5.00. The molecule has 0 unspecified atom stereocenters. The molecule has 0 saturated carbocycles. The Labute approximate surface area is 111 Å². The Bertz CT molecular complexity index is 540. The minimum Gasteiger partial charge on any atom is -0.497 e. The molecule has 0 saturated heterocycles. The molecule has 5 heteroatoms. The van der Waals surface area contributed by atoms with Gasteiger partial charge in [0.05, 0.1) is 12.7 Å². The van der Waals surface area contributed by atoms with Crippen LogP contribution in [0.1, 0.15) is 29.3 Å². The maximum Gasteiger partial charge on any atom is 0.336 e. The normalized spacial score (nSPS) is 9.16. The molecule has 2 N–H and O–H groups in total. The molecule has 100 valence electrons. The van der Waals surface area contributed by atoms with Crippen molar-refractivity contribution in [3.63, 3.8) is 0 Å². The Balaban J connectivity index is 2.83. The van der Waals surface area contributed by atoms with E-state index < -0.39 is 5.97 Å². The van der Waals surface area contributed by atoms with Crippen molar-refractivity contribution in [2.24, 2.45) is 0 Å². The molecule has 1 amide bonds. The van der Waals surface area contributed by atoms with Crippen molar-refractivity contribution in [1.82, 2.24) is 5.32 Å². The lowest BCUT2D eigenvalue weighted by Gasteiger charge is -2.03. The van der Waals surface area contributed by atoms with Crippen molar-refractivity contribution in [2.45, 2.75) is 13.3 Å². The standard InChI is InChI=1S/C14H15NO4/c1-10(16)15-8-4-3-5-11-9-12(19-2)6-7-13(11)14(17)18/h6-7,9H,4,8H2,1-2H3,(H,15,16)(H,17,18). The third kappa shape index (κ3) is 4.72. The predicted octanol–water partition coefficient (Wildman–Crippen LogP) is 1.27. The molecule has 0 spiro atoms. The van der Waals surface area contributed by atoms with Gasteiger partial charge in [-0.3, -0.25) is 4.79 Å². The number of carbonyl (C=O) groups excluding carboxylic acids is 1. The molecule has 0 fully saturated rings. The van der Waals surface area contributed by atoms with E-state index in [9.17, 15) is 9.59 Å². The number of aromatic carboxylic acids is 1. The second kappa shape index (κ2) is 7.07. The van der Waals surface area contributed by atoms with E-state index in [4.69, 9.17) is 9.84 Å². The van der Waals surface area contributed by atoms with Gasteiger partial charge in [0.2, 0.25) is 5.91 Å². The van der Waals surface area contributed by atoms with E-state index in [1.165, 1.54) is 20.1 Å². The Morgan fingerprint density at radius 1 is 1.42 bits per heavy atom. The van der Waals surface area contributed by atoms with Gasteiger partial charge in [0.1, 0.15) is 5.75 Å². The number of ether oxygens (including phenoxy) is 1. The lowest BCUT2D eigenvalue weighted by molar-refractivity contribution is -0.118. The van der Waals surface area contributed by atoms with Crippen LogP contribution in [0.15, 0.2) is 18.2 Å². The maximum atomic E-state index is 11.0. The van der Waals surface area contributed by atoms with Crippen LogP contribution in [0.2, 0.25) is 0 Å². The summed E-state index contributed by atoms with van der Waals surface area (Å²) in [6.45, 7) is 1.87. The molecule has 19 heavy (non-hydrogen) atoms. The topological polar surface area (TPSA) is 75.6 Å². The lowest BCUT2D eigenvalue weighted by Crippen LogP contribution is -2.20. The van der Waals surface area contributed by atoms with E-state index in [2.05, 4.69) is 17.2 Å². The number of amides is 1. The fourth-order valence-corrected chi connectivity index (χ4v) is 1.40. The first-order valence-electron chi connectivity index (χ1n) is 5.69. The quantitative estimate of drug-likeness (QED) is 0.632. The molecule has 0 radical (unpaired) electrons. The third-order valence-electron chi connectivity index (χ3n) is 2.30. The second-order valence-electron chi connectivity index (χ2n) is 3.75.